The molecule has 3 heteroatoms. The third-order valence-electron chi connectivity index (χ3n) is 1.42. The average molecular weight is 171 g/mol. The highest BCUT2D eigenvalue weighted by Gasteiger charge is 1.95. The fraction of sp³-hybridized carbons (Fsp3) is 0.778. The lowest BCUT2D eigenvalue weighted by Crippen LogP contribution is -2.27. The molecule has 72 valence electrons. The third kappa shape index (κ3) is 7.57. The van der Waals surface area contributed by atoms with Crippen molar-refractivity contribution >= 4 is 0 Å². The number of hydrogen-bond acceptors (Lipinski definition) is 3. The van der Waals surface area contributed by atoms with Gasteiger partial charge in [-0.3, -0.25) is 0 Å². The highest BCUT2D eigenvalue weighted by Crippen LogP contribution is 1.92. The third-order valence-corrected chi connectivity index (χ3v) is 1.42. The van der Waals surface area contributed by atoms with Crippen LogP contribution in [0.3, 0.4) is 0 Å². The van der Waals surface area contributed by atoms with Crippen LogP contribution in [0.5, 0.6) is 0 Å². The maximum atomic E-state index is 5.33. The monoisotopic (exact) mass is 171 g/mol. The molecule has 4 N–H and O–H groups in total. The van der Waals surface area contributed by atoms with Gasteiger partial charge in [-0.15, -0.1) is 0 Å². The predicted octanol–water partition coefficient (Wildman–Crippen LogP) is 0.437. The number of hydrogen-bond donors (Lipinski definition) is 3. The van der Waals surface area contributed by atoms with E-state index in [1.807, 2.05) is 0 Å². The van der Waals surface area contributed by atoms with E-state index in [1.165, 1.54) is 0 Å². The lowest BCUT2D eigenvalue weighted by Gasteiger charge is -2.12. The van der Waals surface area contributed by atoms with Gasteiger partial charge in [0, 0.05) is 31.4 Å². The first-order valence-corrected chi connectivity index (χ1v) is 4.52. The fourth-order valence-corrected chi connectivity index (χ4v) is 0.947. The minimum Gasteiger partial charge on any atom is -0.387 e. The summed E-state index contributed by atoms with van der Waals surface area (Å²) in [7, 11) is 0. The zero-order valence-corrected chi connectivity index (χ0v) is 8.19. The zero-order chi connectivity index (χ0) is 9.40. The van der Waals surface area contributed by atoms with E-state index in [4.69, 9.17) is 5.73 Å². The Kier molecular flexibility index (Phi) is 6.81. The van der Waals surface area contributed by atoms with Crippen molar-refractivity contribution in [2.24, 2.45) is 5.73 Å². The van der Waals surface area contributed by atoms with Gasteiger partial charge in [0.15, 0.2) is 0 Å². The van der Waals surface area contributed by atoms with Crippen LogP contribution in [-0.4, -0.2) is 25.7 Å². The van der Waals surface area contributed by atoms with Crippen LogP contribution in [0.2, 0.25) is 0 Å². The summed E-state index contributed by atoms with van der Waals surface area (Å²) in [5.74, 6) is 0. The van der Waals surface area contributed by atoms with Gasteiger partial charge in [0.25, 0.3) is 0 Å². The Bertz CT molecular complexity index is 121. The van der Waals surface area contributed by atoms with Crippen LogP contribution < -0.4 is 16.4 Å². The molecule has 0 spiro atoms. The van der Waals surface area contributed by atoms with Crippen molar-refractivity contribution in [3.8, 4) is 0 Å². The predicted molar refractivity (Wildman–Crippen MR) is 54.0 cm³/mol. The topological polar surface area (TPSA) is 50.1 Å². The fourth-order valence-electron chi connectivity index (χ4n) is 0.947. The summed E-state index contributed by atoms with van der Waals surface area (Å²) >= 11 is 0. The number of nitrogens with one attached hydrogen (secondary N) is 2. The molecule has 0 aliphatic rings. The molecule has 0 amide bonds. The van der Waals surface area contributed by atoms with Crippen LogP contribution in [0.4, 0.5) is 0 Å². The second kappa shape index (κ2) is 7.13. The minimum absolute atomic E-state index is 0.479. The van der Waals surface area contributed by atoms with Crippen LogP contribution in [0, 0.1) is 0 Å². The van der Waals surface area contributed by atoms with Crippen LogP contribution in [0.25, 0.3) is 0 Å². The van der Waals surface area contributed by atoms with E-state index >= 15 is 0 Å². The Morgan fingerprint density at radius 1 is 1.42 bits per heavy atom. The molecule has 0 aromatic carbocycles. The molecule has 0 rings (SSSR count). The van der Waals surface area contributed by atoms with Gasteiger partial charge in [0.1, 0.15) is 0 Å². The maximum Gasteiger partial charge on any atom is 0.0201 e. The van der Waals surface area contributed by atoms with Crippen LogP contribution in [0.1, 0.15) is 20.3 Å². The minimum atomic E-state index is 0.479. The molecule has 12 heavy (non-hydrogen) atoms. The van der Waals surface area contributed by atoms with E-state index in [0.717, 1.165) is 25.2 Å². The van der Waals surface area contributed by atoms with Crippen molar-refractivity contribution in [2.45, 2.75) is 26.3 Å². The standard InChI is InChI=1S/C9H21N3/c1-8(2)12-9(3)4-6-11-7-5-10/h8,11-12H,3-7,10H2,1-2H3. The maximum absolute atomic E-state index is 5.33. The summed E-state index contributed by atoms with van der Waals surface area (Å²) in [6.45, 7) is 10.7. The van der Waals surface area contributed by atoms with Gasteiger partial charge in [-0.1, -0.05) is 6.58 Å². The van der Waals surface area contributed by atoms with E-state index < -0.39 is 0 Å². The van der Waals surface area contributed by atoms with Gasteiger partial charge in [0.05, 0.1) is 0 Å². The van der Waals surface area contributed by atoms with Crippen molar-refractivity contribution in [1.82, 2.24) is 10.6 Å². The zero-order valence-electron chi connectivity index (χ0n) is 8.19. The number of nitrogens with two attached hydrogens (primary N) is 1. The molecule has 0 saturated carbocycles. The lowest BCUT2D eigenvalue weighted by molar-refractivity contribution is 0.614. The molecule has 0 bridgehead atoms. The van der Waals surface area contributed by atoms with E-state index in [9.17, 15) is 0 Å². The molecule has 0 unspecified atom stereocenters. The second-order valence-electron chi connectivity index (χ2n) is 3.19. The smallest absolute Gasteiger partial charge is 0.0201 e. The first-order valence-electron chi connectivity index (χ1n) is 4.52. The highest BCUT2D eigenvalue weighted by atomic mass is 14.9. The van der Waals surface area contributed by atoms with Gasteiger partial charge in [0.2, 0.25) is 0 Å². The molecule has 0 aromatic rings. The van der Waals surface area contributed by atoms with Crippen LogP contribution in [0.15, 0.2) is 12.3 Å². The molecular formula is C9H21N3. The van der Waals surface area contributed by atoms with Crippen molar-refractivity contribution < 1.29 is 0 Å². The molecule has 0 aliphatic heterocycles. The summed E-state index contributed by atoms with van der Waals surface area (Å²) in [4.78, 5) is 0. The molecule has 0 atom stereocenters. The summed E-state index contributed by atoms with van der Waals surface area (Å²) in [6, 6.07) is 0.479. The van der Waals surface area contributed by atoms with Gasteiger partial charge < -0.3 is 16.4 Å². The Morgan fingerprint density at radius 2 is 2.08 bits per heavy atom. The van der Waals surface area contributed by atoms with E-state index in [-0.39, 0.29) is 0 Å². The van der Waals surface area contributed by atoms with Crippen molar-refractivity contribution in [3.63, 3.8) is 0 Å². The largest absolute Gasteiger partial charge is 0.387 e. The van der Waals surface area contributed by atoms with Crippen molar-refractivity contribution in [3.05, 3.63) is 12.3 Å². The van der Waals surface area contributed by atoms with Gasteiger partial charge in [-0.05, 0) is 20.3 Å². The van der Waals surface area contributed by atoms with E-state index in [0.29, 0.717) is 12.6 Å². The highest BCUT2D eigenvalue weighted by molar-refractivity contribution is 4.92. The van der Waals surface area contributed by atoms with Gasteiger partial charge in [-0.2, -0.15) is 0 Å². The normalized spacial score (nSPS) is 10.3. The summed E-state index contributed by atoms with van der Waals surface area (Å²) in [5, 5.41) is 6.47. The van der Waals surface area contributed by atoms with Crippen molar-refractivity contribution in [2.75, 3.05) is 19.6 Å². The van der Waals surface area contributed by atoms with Gasteiger partial charge >= 0.3 is 0 Å². The first-order chi connectivity index (χ1) is 5.66. The Morgan fingerprint density at radius 3 is 2.58 bits per heavy atom. The Labute approximate surface area is 75.4 Å². The quantitative estimate of drug-likeness (QED) is 0.487. The summed E-state index contributed by atoms with van der Waals surface area (Å²) < 4.78 is 0. The molecule has 0 saturated heterocycles. The van der Waals surface area contributed by atoms with Crippen LogP contribution >= 0.6 is 0 Å². The van der Waals surface area contributed by atoms with Crippen molar-refractivity contribution in [1.29, 1.82) is 0 Å². The Balaban J connectivity index is 3.20. The van der Waals surface area contributed by atoms with E-state index in [1.54, 1.807) is 0 Å². The summed E-state index contributed by atoms with van der Waals surface area (Å²) in [5.41, 5.74) is 6.42. The van der Waals surface area contributed by atoms with E-state index in [2.05, 4.69) is 31.1 Å². The summed E-state index contributed by atoms with van der Waals surface area (Å²) in [6.07, 6.45) is 0.970. The van der Waals surface area contributed by atoms with Crippen LogP contribution in [-0.2, 0) is 0 Å². The molecule has 0 fully saturated rings. The SMILES string of the molecule is C=C(CCNCCN)NC(C)C. The number of rotatable bonds is 7. The second-order valence-corrected chi connectivity index (χ2v) is 3.19. The lowest BCUT2D eigenvalue weighted by atomic mass is 10.3. The molecule has 3 nitrogen and oxygen atoms in total. The molecule has 0 aromatic heterocycles. The molecule has 0 aliphatic carbocycles. The average Bonchev–Trinajstić information content (AvgIpc) is 1.97. The molecule has 0 radical (unpaired) electrons. The first kappa shape index (κ1) is 11.5. The molecule has 0 heterocycles. The molecular weight excluding hydrogens is 150 g/mol. The van der Waals surface area contributed by atoms with Gasteiger partial charge in [-0.25, -0.2) is 0 Å². The Hall–Kier alpha value is -0.540.